The standard InChI is InChI=1S/C21H23ClN4O/c1-25-18-4-2-3-17(20(23)27)19(18)24-21(25)15-10-12-26(13-15)11-9-14-5-7-16(22)8-6-14/h2-8,15H,9-13H2,1H3,(H2,23,27). The second-order valence-corrected chi connectivity index (χ2v) is 7.67. The smallest absolute Gasteiger partial charge is 0.250 e. The van der Waals surface area contributed by atoms with Crippen molar-refractivity contribution >= 4 is 28.5 Å². The first-order valence-electron chi connectivity index (χ1n) is 9.25. The van der Waals surface area contributed by atoms with Crippen LogP contribution in [0, 0.1) is 0 Å². The molecule has 2 aromatic carbocycles. The molecular formula is C21H23ClN4O. The topological polar surface area (TPSA) is 64.2 Å². The van der Waals surface area contributed by atoms with E-state index in [0.29, 0.717) is 17.0 Å². The van der Waals surface area contributed by atoms with Crippen molar-refractivity contribution in [2.24, 2.45) is 12.8 Å². The van der Waals surface area contributed by atoms with Crippen molar-refractivity contribution in [3.63, 3.8) is 0 Å². The summed E-state index contributed by atoms with van der Waals surface area (Å²) in [5.74, 6) is 0.974. The number of carbonyl (C=O) groups excluding carboxylic acids is 1. The predicted octanol–water partition coefficient (Wildman–Crippen LogP) is 3.36. The second kappa shape index (κ2) is 7.33. The van der Waals surface area contributed by atoms with Crippen molar-refractivity contribution in [2.75, 3.05) is 19.6 Å². The molecule has 0 radical (unpaired) electrons. The molecule has 1 aromatic heterocycles. The maximum absolute atomic E-state index is 11.7. The number of primary amides is 1. The SMILES string of the molecule is Cn1c(C2CCN(CCc3ccc(Cl)cc3)C2)nc2c(C(N)=O)cccc21. The van der Waals surface area contributed by atoms with E-state index in [4.69, 9.17) is 22.3 Å². The molecule has 1 aliphatic rings. The van der Waals surface area contributed by atoms with E-state index in [9.17, 15) is 4.79 Å². The maximum Gasteiger partial charge on any atom is 0.250 e. The molecule has 6 heteroatoms. The number of carbonyl (C=O) groups is 1. The molecule has 1 amide bonds. The van der Waals surface area contributed by atoms with Crippen LogP contribution in [0.4, 0.5) is 0 Å². The van der Waals surface area contributed by atoms with Gasteiger partial charge in [-0.05, 0) is 49.2 Å². The van der Waals surface area contributed by atoms with Gasteiger partial charge in [-0.25, -0.2) is 4.98 Å². The van der Waals surface area contributed by atoms with Crippen LogP contribution in [-0.4, -0.2) is 40.0 Å². The predicted molar refractivity (Wildman–Crippen MR) is 108 cm³/mol. The summed E-state index contributed by atoms with van der Waals surface area (Å²) in [6.07, 6.45) is 2.09. The van der Waals surface area contributed by atoms with E-state index in [1.165, 1.54) is 5.56 Å². The number of aromatic nitrogens is 2. The number of nitrogens with zero attached hydrogens (tertiary/aromatic N) is 3. The van der Waals surface area contributed by atoms with Crippen LogP contribution in [0.25, 0.3) is 11.0 Å². The Morgan fingerprint density at radius 1 is 1.26 bits per heavy atom. The number of likely N-dealkylation sites (tertiary alicyclic amines) is 1. The summed E-state index contributed by atoms with van der Waals surface area (Å²) < 4.78 is 2.11. The van der Waals surface area contributed by atoms with Gasteiger partial charge in [0.2, 0.25) is 0 Å². The van der Waals surface area contributed by atoms with Gasteiger partial charge in [0, 0.05) is 31.1 Å². The van der Waals surface area contributed by atoms with E-state index in [1.54, 1.807) is 6.07 Å². The first-order chi connectivity index (χ1) is 13.0. The highest BCUT2D eigenvalue weighted by Gasteiger charge is 2.28. The molecule has 1 saturated heterocycles. The first-order valence-corrected chi connectivity index (χ1v) is 9.62. The van der Waals surface area contributed by atoms with Gasteiger partial charge in [0.15, 0.2) is 0 Å². The normalized spacial score (nSPS) is 17.6. The largest absolute Gasteiger partial charge is 0.366 e. The van der Waals surface area contributed by atoms with Crippen molar-refractivity contribution in [1.29, 1.82) is 0 Å². The molecule has 1 unspecified atom stereocenters. The molecule has 0 spiro atoms. The van der Waals surface area contributed by atoms with E-state index in [2.05, 4.69) is 21.6 Å². The number of amides is 1. The third-order valence-corrected chi connectivity index (χ3v) is 5.73. The monoisotopic (exact) mass is 382 g/mol. The van der Waals surface area contributed by atoms with E-state index in [1.807, 2.05) is 31.3 Å². The number of nitrogens with two attached hydrogens (primary N) is 1. The fourth-order valence-corrected chi connectivity index (χ4v) is 4.11. The summed E-state index contributed by atoms with van der Waals surface area (Å²) in [5, 5.41) is 0.775. The lowest BCUT2D eigenvalue weighted by molar-refractivity contribution is 0.100. The minimum atomic E-state index is -0.429. The summed E-state index contributed by atoms with van der Waals surface area (Å²) >= 11 is 5.96. The van der Waals surface area contributed by atoms with Crippen LogP contribution < -0.4 is 5.73 Å². The van der Waals surface area contributed by atoms with E-state index >= 15 is 0 Å². The van der Waals surface area contributed by atoms with Gasteiger partial charge < -0.3 is 15.2 Å². The van der Waals surface area contributed by atoms with Gasteiger partial charge >= 0.3 is 0 Å². The van der Waals surface area contributed by atoms with E-state index in [0.717, 1.165) is 48.8 Å². The van der Waals surface area contributed by atoms with Crippen LogP contribution in [0.3, 0.4) is 0 Å². The summed E-state index contributed by atoms with van der Waals surface area (Å²) in [4.78, 5) is 19.0. The number of hydrogen-bond acceptors (Lipinski definition) is 3. The molecule has 3 aromatic rings. The van der Waals surface area contributed by atoms with Gasteiger partial charge in [0.1, 0.15) is 11.3 Å². The number of benzene rings is 2. The zero-order chi connectivity index (χ0) is 19.0. The lowest BCUT2D eigenvalue weighted by Crippen LogP contribution is -2.23. The lowest BCUT2D eigenvalue weighted by atomic mass is 10.1. The number of fused-ring (bicyclic) bond motifs is 1. The molecule has 140 valence electrons. The molecule has 0 bridgehead atoms. The van der Waals surface area contributed by atoms with Gasteiger partial charge in [-0.1, -0.05) is 29.8 Å². The highest BCUT2D eigenvalue weighted by Crippen LogP contribution is 2.30. The summed E-state index contributed by atoms with van der Waals surface area (Å²) in [6, 6.07) is 13.7. The number of para-hydroxylation sites is 1. The van der Waals surface area contributed by atoms with Gasteiger partial charge in [-0.3, -0.25) is 4.79 Å². The Morgan fingerprint density at radius 3 is 2.78 bits per heavy atom. The average Bonchev–Trinajstić information content (AvgIpc) is 3.26. The minimum absolute atomic E-state index is 0.369. The number of aryl methyl sites for hydroxylation is 1. The third-order valence-electron chi connectivity index (χ3n) is 5.48. The third kappa shape index (κ3) is 3.57. The Hall–Kier alpha value is -2.37. The summed E-state index contributed by atoms with van der Waals surface area (Å²) in [6.45, 7) is 3.06. The van der Waals surface area contributed by atoms with E-state index < -0.39 is 5.91 Å². The Morgan fingerprint density at radius 2 is 2.04 bits per heavy atom. The fraction of sp³-hybridized carbons (Fsp3) is 0.333. The molecule has 1 fully saturated rings. The number of halogens is 1. The maximum atomic E-state index is 11.7. The Labute approximate surface area is 163 Å². The zero-order valence-corrected chi connectivity index (χ0v) is 16.1. The molecule has 2 N–H and O–H groups in total. The Balaban J connectivity index is 1.48. The highest BCUT2D eigenvalue weighted by molar-refractivity contribution is 6.30. The van der Waals surface area contributed by atoms with Gasteiger partial charge in [0.25, 0.3) is 5.91 Å². The molecule has 0 saturated carbocycles. The minimum Gasteiger partial charge on any atom is -0.366 e. The molecule has 2 heterocycles. The highest BCUT2D eigenvalue weighted by atomic mass is 35.5. The molecular weight excluding hydrogens is 360 g/mol. The quantitative estimate of drug-likeness (QED) is 0.735. The van der Waals surface area contributed by atoms with Crippen molar-refractivity contribution < 1.29 is 4.79 Å². The second-order valence-electron chi connectivity index (χ2n) is 7.23. The molecule has 4 rings (SSSR count). The Bertz CT molecular complexity index is 980. The van der Waals surface area contributed by atoms with Gasteiger partial charge in [0.05, 0.1) is 11.1 Å². The van der Waals surface area contributed by atoms with Crippen LogP contribution in [0.1, 0.15) is 34.1 Å². The van der Waals surface area contributed by atoms with Crippen molar-refractivity contribution in [3.05, 3.63) is 64.4 Å². The Kier molecular flexibility index (Phi) is 4.89. The van der Waals surface area contributed by atoms with Gasteiger partial charge in [-0.15, -0.1) is 0 Å². The van der Waals surface area contributed by atoms with Gasteiger partial charge in [-0.2, -0.15) is 0 Å². The van der Waals surface area contributed by atoms with E-state index in [-0.39, 0.29) is 0 Å². The van der Waals surface area contributed by atoms with Crippen LogP contribution in [0.15, 0.2) is 42.5 Å². The van der Waals surface area contributed by atoms with Crippen LogP contribution in [0.5, 0.6) is 0 Å². The molecule has 1 aliphatic heterocycles. The lowest BCUT2D eigenvalue weighted by Gasteiger charge is -2.16. The van der Waals surface area contributed by atoms with Crippen molar-refractivity contribution in [3.8, 4) is 0 Å². The number of imidazole rings is 1. The number of hydrogen-bond donors (Lipinski definition) is 1. The molecule has 1 atom stereocenters. The zero-order valence-electron chi connectivity index (χ0n) is 15.4. The fourth-order valence-electron chi connectivity index (χ4n) is 3.98. The number of rotatable bonds is 5. The first kappa shape index (κ1) is 18.0. The van der Waals surface area contributed by atoms with Crippen LogP contribution in [-0.2, 0) is 13.5 Å². The summed E-state index contributed by atoms with van der Waals surface area (Å²) in [5.41, 5.74) is 8.98. The van der Waals surface area contributed by atoms with Crippen LogP contribution >= 0.6 is 11.6 Å². The summed E-state index contributed by atoms with van der Waals surface area (Å²) in [7, 11) is 2.02. The molecule has 5 nitrogen and oxygen atoms in total. The molecule has 0 aliphatic carbocycles. The van der Waals surface area contributed by atoms with Crippen molar-refractivity contribution in [2.45, 2.75) is 18.8 Å². The average molecular weight is 383 g/mol. The molecule has 27 heavy (non-hydrogen) atoms. The van der Waals surface area contributed by atoms with Crippen LogP contribution in [0.2, 0.25) is 5.02 Å². The van der Waals surface area contributed by atoms with Crippen molar-refractivity contribution in [1.82, 2.24) is 14.5 Å².